The third-order valence-electron chi connectivity index (χ3n) is 2.53. The molecule has 86 valence electrons. The van der Waals surface area contributed by atoms with Crippen molar-refractivity contribution in [1.82, 2.24) is 4.90 Å². The first-order valence-corrected chi connectivity index (χ1v) is 5.89. The van der Waals surface area contributed by atoms with E-state index in [1.165, 1.54) is 0 Å². The number of carbonyl (C=O) groups excluding carboxylic acids is 1. The molecular formula is C11H13BrN2O2. The monoisotopic (exact) mass is 284 g/mol. The van der Waals surface area contributed by atoms with E-state index in [1.54, 1.807) is 4.90 Å². The van der Waals surface area contributed by atoms with Crippen LogP contribution in [-0.4, -0.2) is 30.5 Å². The Morgan fingerprint density at radius 3 is 3.12 bits per heavy atom. The molecule has 2 N–H and O–H groups in total. The van der Waals surface area contributed by atoms with Crippen molar-refractivity contribution in [3.63, 3.8) is 0 Å². The maximum Gasteiger partial charge on any atom is 0.236 e. The molecule has 0 saturated heterocycles. The number of benzene rings is 1. The minimum atomic E-state index is -0.0450. The summed E-state index contributed by atoms with van der Waals surface area (Å²) < 4.78 is 6.56. The van der Waals surface area contributed by atoms with Crippen LogP contribution >= 0.6 is 15.9 Å². The van der Waals surface area contributed by atoms with E-state index >= 15 is 0 Å². The van der Waals surface area contributed by atoms with Crippen LogP contribution in [0.1, 0.15) is 5.56 Å². The molecule has 0 aromatic heterocycles. The predicted octanol–water partition coefficient (Wildman–Crippen LogP) is 1.13. The molecule has 4 nitrogen and oxygen atoms in total. The summed E-state index contributed by atoms with van der Waals surface area (Å²) >= 11 is 3.41. The van der Waals surface area contributed by atoms with Gasteiger partial charge in [-0.2, -0.15) is 0 Å². The molecule has 0 spiro atoms. The van der Waals surface area contributed by atoms with Gasteiger partial charge in [0.05, 0.1) is 13.1 Å². The lowest BCUT2D eigenvalue weighted by atomic mass is 10.2. The third kappa shape index (κ3) is 2.36. The van der Waals surface area contributed by atoms with Crippen LogP contribution in [-0.2, 0) is 11.3 Å². The molecule has 1 aliphatic rings. The minimum Gasteiger partial charge on any atom is -0.491 e. The first-order chi connectivity index (χ1) is 7.70. The standard InChI is InChI=1S/C11H13BrN2O2/c12-9-1-2-10-8(5-9)7-14(3-4-16-10)11(15)6-13/h1-2,5H,3-4,6-7,13H2. The quantitative estimate of drug-likeness (QED) is 0.841. The van der Waals surface area contributed by atoms with E-state index in [0.29, 0.717) is 19.7 Å². The molecule has 0 bridgehead atoms. The predicted molar refractivity (Wildman–Crippen MR) is 64.1 cm³/mol. The number of nitrogens with two attached hydrogens (primary N) is 1. The molecule has 0 unspecified atom stereocenters. The number of hydrogen-bond acceptors (Lipinski definition) is 3. The van der Waals surface area contributed by atoms with Gasteiger partial charge < -0.3 is 15.4 Å². The SMILES string of the molecule is NCC(=O)N1CCOc2ccc(Br)cc2C1. The first kappa shape index (κ1) is 11.4. The minimum absolute atomic E-state index is 0.0450. The van der Waals surface area contributed by atoms with Gasteiger partial charge in [0, 0.05) is 16.6 Å². The lowest BCUT2D eigenvalue weighted by Gasteiger charge is -2.18. The number of ether oxygens (including phenoxy) is 1. The van der Waals surface area contributed by atoms with Crippen molar-refractivity contribution in [2.24, 2.45) is 5.73 Å². The van der Waals surface area contributed by atoms with Gasteiger partial charge in [0.1, 0.15) is 12.4 Å². The van der Waals surface area contributed by atoms with Crippen LogP contribution in [0, 0.1) is 0 Å². The van der Waals surface area contributed by atoms with Crippen LogP contribution in [0.25, 0.3) is 0 Å². The number of amides is 1. The molecule has 1 aromatic carbocycles. The normalized spacial score (nSPS) is 15.0. The highest BCUT2D eigenvalue weighted by molar-refractivity contribution is 9.10. The summed E-state index contributed by atoms with van der Waals surface area (Å²) in [5.41, 5.74) is 6.37. The summed E-state index contributed by atoms with van der Waals surface area (Å²) in [7, 11) is 0. The van der Waals surface area contributed by atoms with Crippen LogP contribution in [0.2, 0.25) is 0 Å². The van der Waals surface area contributed by atoms with Gasteiger partial charge in [-0.25, -0.2) is 0 Å². The van der Waals surface area contributed by atoms with E-state index in [0.717, 1.165) is 15.8 Å². The molecule has 0 atom stereocenters. The van der Waals surface area contributed by atoms with Crippen molar-refractivity contribution in [2.75, 3.05) is 19.7 Å². The molecule has 1 aromatic rings. The second-order valence-electron chi connectivity index (χ2n) is 3.62. The van der Waals surface area contributed by atoms with E-state index in [9.17, 15) is 4.79 Å². The molecule has 0 radical (unpaired) electrons. The average molecular weight is 285 g/mol. The van der Waals surface area contributed by atoms with Crippen LogP contribution in [0.4, 0.5) is 0 Å². The Kier molecular flexibility index (Phi) is 3.46. The van der Waals surface area contributed by atoms with Crippen LogP contribution < -0.4 is 10.5 Å². The van der Waals surface area contributed by atoms with E-state index < -0.39 is 0 Å². The fraction of sp³-hybridized carbons (Fsp3) is 0.364. The van der Waals surface area contributed by atoms with E-state index in [2.05, 4.69) is 15.9 Å². The summed E-state index contributed by atoms with van der Waals surface area (Å²) in [6.07, 6.45) is 0. The Hall–Kier alpha value is -1.07. The van der Waals surface area contributed by atoms with E-state index in [1.807, 2.05) is 18.2 Å². The number of nitrogens with zero attached hydrogens (tertiary/aromatic N) is 1. The van der Waals surface area contributed by atoms with E-state index in [-0.39, 0.29) is 12.5 Å². The fourth-order valence-corrected chi connectivity index (χ4v) is 2.11. The Morgan fingerprint density at radius 2 is 2.38 bits per heavy atom. The summed E-state index contributed by atoms with van der Waals surface area (Å²) in [6.45, 7) is 1.71. The first-order valence-electron chi connectivity index (χ1n) is 5.10. The van der Waals surface area contributed by atoms with Crippen LogP contribution in [0.15, 0.2) is 22.7 Å². The fourth-order valence-electron chi connectivity index (χ4n) is 1.70. The van der Waals surface area contributed by atoms with Gasteiger partial charge in [-0.3, -0.25) is 4.79 Å². The topological polar surface area (TPSA) is 55.6 Å². The van der Waals surface area contributed by atoms with Crippen molar-refractivity contribution < 1.29 is 9.53 Å². The number of hydrogen-bond donors (Lipinski definition) is 1. The molecule has 0 fully saturated rings. The van der Waals surface area contributed by atoms with E-state index in [4.69, 9.17) is 10.5 Å². The Morgan fingerprint density at radius 1 is 1.56 bits per heavy atom. The molecule has 0 saturated carbocycles. The molecular weight excluding hydrogens is 272 g/mol. The van der Waals surface area contributed by atoms with Gasteiger partial charge in [-0.15, -0.1) is 0 Å². The number of carbonyl (C=O) groups is 1. The summed E-state index contributed by atoms with van der Waals surface area (Å²) in [5.74, 6) is 0.798. The van der Waals surface area contributed by atoms with Crippen molar-refractivity contribution in [1.29, 1.82) is 0 Å². The molecule has 1 heterocycles. The summed E-state index contributed by atoms with van der Waals surface area (Å²) in [6, 6.07) is 5.81. The highest BCUT2D eigenvalue weighted by atomic mass is 79.9. The maximum absolute atomic E-state index is 11.5. The third-order valence-corrected chi connectivity index (χ3v) is 3.02. The molecule has 5 heteroatoms. The largest absolute Gasteiger partial charge is 0.491 e. The van der Waals surface area contributed by atoms with Gasteiger partial charge in [0.2, 0.25) is 5.91 Å². The molecule has 1 amide bonds. The number of fused-ring (bicyclic) bond motifs is 1. The summed E-state index contributed by atoms with van der Waals surface area (Å²) in [5, 5.41) is 0. The van der Waals surface area contributed by atoms with Crippen LogP contribution in [0.5, 0.6) is 5.75 Å². The Bertz CT molecular complexity index is 409. The highest BCUT2D eigenvalue weighted by Gasteiger charge is 2.18. The number of rotatable bonds is 1. The number of halogens is 1. The zero-order valence-corrected chi connectivity index (χ0v) is 10.4. The van der Waals surface area contributed by atoms with Gasteiger partial charge in [-0.05, 0) is 18.2 Å². The second-order valence-corrected chi connectivity index (χ2v) is 4.54. The zero-order chi connectivity index (χ0) is 11.5. The maximum atomic E-state index is 11.5. The van der Waals surface area contributed by atoms with Gasteiger partial charge in [0.25, 0.3) is 0 Å². The van der Waals surface area contributed by atoms with Gasteiger partial charge in [-0.1, -0.05) is 15.9 Å². The second kappa shape index (κ2) is 4.84. The van der Waals surface area contributed by atoms with Crippen molar-refractivity contribution in [3.05, 3.63) is 28.2 Å². The average Bonchev–Trinajstić information content (AvgIpc) is 2.49. The highest BCUT2D eigenvalue weighted by Crippen LogP contribution is 2.26. The van der Waals surface area contributed by atoms with Crippen molar-refractivity contribution >= 4 is 21.8 Å². The summed E-state index contributed by atoms with van der Waals surface area (Å²) in [4.78, 5) is 13.3. The lowest BCUT2D eigenvalue weighted by molar-refractivity contribution is -0.130. The lowest BCUT2D eigenvalue weighted by Crippen LogP contribution is -2.36. The van der Waals surface area contributed by atoms with Gasteiger partial charge >= 0.3 is 0 Å². The van der Waals surface area contributed by atoms with Gasteiger partial charge in [0.15, 0.2) is 0 Å². The molecule has 1 aliphatic heterocycles. The Balaban J connectivity index is 2.25. The molecule has 0 aliphatic carbocycles. The zero-order valence-electron chi connectivity index (χ0n) is 8.78. The smallest absolute Gasteiger partial charge is 0.236 e. The van der Waals surface area contributed by atoms with Crippen molar-refractivity contribution in [2.45, 2.75) is 6.54 Å². The molecule has 16 heavy (non-hydrogen) atoms. The van der Waals surface area contributed by atoms with Crippen molar-refractivity contribution in [3.8, 4) is 5.75 Å². The Labute approximate surface area is 102 Å². The molecule has 2 rings (SSSR count). The van der Waals surface area contributed by atoms with Crippen LogP contribution in [0.3, 0.4) is 0 Å².